The number of benzene rings is 1. The third-order valence-corrected chi connectivity index (χ3v) is 4.16. The Hall–Kier alpha value is 0.130. The summed E-state index contributed by atoms with van der Waals surface area (Å²) in [5.74, 6) is -0.389. The first kappa shape index (κ1) is 21.1. The standard InChI is InChI=1S/C16H26O3S.Na/c1-2-3-4-5-6-7-8-11-15-12-9-10-13-16(15)14-20(17,18)19;/h9-10,12-13H,2-8,11,14H2,1H3,(H,17,18,19);/q;+1/p-1. The summed E-state index contributed by atoms with van der Waals surface area (Å²) in [7, 11) is -4.20. The maximum atomic E-state index is 10.9. The van der Waals surface area contributed by atoms with Gasteiger partial charge in [0, 0.05) is 0 Å². The van der Waals surface area contributed by atoms with E-state index in [0.29, 0.717) is 5.56 Å². The predicted octanol–water partition coefficient (Wildman–Crippen LogP) is 1.03. The van der Waals surface area contributed by atoms with Crippen molar-refractivity contribution in [2.24, 2.45) is 0 Å². The molecule has 0 aliphatic rings. The van der Waals surface area contributed by atoms with Crippen LogP contribution in [0, 0.1) is 0 Å². The second kappa shape index (κ2) is 11.7. The number of hydrogen-bond acceptors (Lipinski definition) is 3. The van der Waals surface area contributed by atoms with Gasteiger partial charge in [-0.3, -0.25) is 0 Å². The van der Waals surface area contributed by atoms with Crippen LogP contribution in [-0.4, -0.2) is 13.0 Å². The Morgan fingerprint density at radius 2 is 1.43 bits per heavy atom. The molecule has 0 atom stereocenters. The smallest absolute Gasteiger partial charge is 0.748 e. The summed E-state index contributed by atoms with van der Waals surface area (Å²) in [5, 5.41) is 0. The van der Waals surface area contributed by atoms with E-state index in [1.165, 1.54) is 38.5 Å². The maximum Gasteiger partial charge on any atom is 1.00 e. The largest absolute Gasteiger partial charge is 1.00 e. The quantitative estimate of drug-likeness (QED) is 0.367. The van der Waals surface area contributed by atoms with Gasteiger partial charge in [0.1, 0.15) is 0 Å². The van der Waals surface area contributed by atoms with E-state index < -0.39 is 10.1 Å². The Labute approximate surface area is 151 Å². The summed E-state index contributed by atoms with van der Waals surface area (Å²) in [4.78, 5) is 0. The second-order valence-electron chi connectivity index (χ2n) is 5.34. The Kier molecular flexibility index (Phi) is 11.7. The summed E-state index contributed by atoms with van der Waals surface area (Å²) in [6.45, 7) is 2.21. The van der Waals surface area contributed by atoms with Crippen molar-refractivity contribution in [3.05, 3.63) is 35.4 Å². The van der Waals surface area contributed by atoms with Crippen molar-refractivity contribution >= 4 is 10.1 Å². The molecule has 0 heterocycles. The van der Waals surface area contributed by atoms with E-state index >= 15 is 0 Å². The molecule has 0 fully saturated rings. The van der Waals surface area contributed by atoms with Crippen LogP contribution in [0.15, 0.2) is 24.3 Å². The Morgan fingerprint density at radius 3 is 2.00 bits per heavy atom. The molecule has 0 aliphatic heterocycles. The molecule has 0 N–H and O–H groups in total. The molecule has 0 radical (unpaired) electrons. The van der Waals surface area contributed by atoms with Crippen molar-refractivity contribution in [3.8, 4) is 0 Å². The van der Waals surface area contributed by atoms with Crippen LogP contribution >= 0.6 is 0 Å². The van der Waals surface area contributed by atoms with E-state index in [1.54, 1.807) is 12.1 Å². The zero-order valence-corrected chi connectivity index (χ0v) is 16.1. The summed E-state index contributed by atoms with van der Waals surface area (Å²) < 4.78 is 32.6. The summed E-state index contributed by atoms with van der Waals surface area (Å²) >= 11 is 0. The minimum Gasteiger partial charge on any atom is -0.748 e. The Bertz CT molecular complexity index is 486. The molecular weight excluding hydrogens is 295 g/mol. The zero-order chi connectivity index (χ0) is 14.8. The van der Waals surface area contributed by atoms with E-state index in [-0.39, 0.29) is 35.3 Å². The van der Waals surface area contributed by atoms with Crippen LogP contribution in [0.5, 0.6) is 0 Å². The van der Waals surface area contributed by atoms with E-state index in [1.807, 2.05) is 12.1 Å². The van der Waals surface area contributed by atoms with Gasteiger partial charge in [-0.25, -0.2) is 8.42 Å². The van der Waals surface area contributed by atoms with Gasteiger partial charge in [-0.1, -0.05) is 69.7 Å². The average molecular weight is 320 g/mol. The number of rotatable bonds is 10. The molecule has 0 spiro atoms. The van der Waals surface area contributed by atoms with E-state index in [0.717, 1.165) is 18.4 Å². The molecule has 3 nitrogen and oxygen atoms in total. The molecule has 0 aromatic heterocycles. The summed E-state index contributed by atoms with van der Waals surface area (Å²) in [6.07, 6.45) is 9.49. The minimum absolute atomic E-state index is 0. The maximum absolute atomic E-state index is 10.9. The molecule has 0 saturated heterocycles. The van der Waals surface area contributed by atoms with Crippen molar-refractivity contribution in [1.82, 2.24) is 0 Å². The number of aryl methyl sites for hydroxylation is 1. The molecule has 114 valence electrons. The van der Waals surface area contributed by atoms with Crippen LogP contribution in [0.1, 0.15) is 63.0 Å². The molecular formula is C16H25NaO3S. The van der Waals surface area contributed by atoms with Gasteiger partial charge in [-0.15, -0.1) is 0 Å². The predicted molar refractivity (Wildman–Crippen MR) is 81.5 cm³/mol. The van der Waals surface area contributed by atoms with Crippen LogP contribution in [0.2, 0.25) is 0 Å². The van der Waals surface area contributed by atoms with Gasteiger partial charge < -0.3 is 4.55 Å². The van der Waals surface area contributed by atoms with Gasteiger partial charge in [0.15, 0.2) is 0 Å². The molecule has 0 amide bonds. The molecule has 0 saturated carbocycles. The molecule has 0 unspecified atom stereocenters. The summed E-state index contributed by atoms with van der Waals surface area (Å²) in [5.41, 5.74) is 1.66. The van der Waals surface area contributed by atoms with Gasteiger partial charge in [0.25, 0.3) is 0 Å². The molecule has 21 heavy (non-hydrogen) atoms. The summed E-state index contributed by atoms with van der Waals surface area (Å²) in [6, 6.07) is 7.36. The van der Waals surface area contributed by atoms with Gasteiger partial charge >= 0.3 is 29.6 Å². The Morgan fingerprint density at radius 1 is 0.905 bits per heavy atom. The van der Waals surface area contributed by atoms with Gasteiger partial charge in [-0.2, -0.15) is 0 Å². The third kappa shape index (κ3) is 10.5. The average Bonchev–Trinajstić information content (AvgIpc) is 2.38. The monoisotopic (exact) mass is 320 g/mol. The van der Waals surface area contributed by atoms with Crippen LogP contribution in [-0.2, 0) is 22.3 Å². The fraction of sp³-hybridized carbons (Fsp3) is 0.625. The Balaban J connectivity index is 0.00000400. The number of hydrogen-bond donors (Lipinski definition) is 0. The number of unbranched alkanes of at least 4 members (excludes halogenated alkanes) is 6. The minimum atomic E-state index is -4.20. The van der Waals surface area contributed by atoms with E-state index in [4.69, 9.17) is 0 Å². The van der Waals surface area contributed by atoms with Crippen molar-refractivity contribution in [2.75, 3.05) is 0 Å². The van der Waals surface area contributed by atoms with Crippen molar-refractivity contribution < 1.29 is 42.5 Å². The third-order valence-electron chi connectivity index (χ3n) is 3.50. The molecule has 1 aromatic rings. The van der Waals surface area contributed by atoms with Crippen LogP contribution in [0.3, 0.4) is 0 Å². The van der Waals surface area contributed by atoms with Crippen LogP contribution in [0.4, 0.5) is 0 Å². The molecule has 5 heteroatoms. The van der Waals surface area contributed by atoms with E-state index in [9.17, 15) is 13.0 Å². The molecule has 0 bridgehead atoms. The normalized spacial score (nSPS) is 11.1. The van der Waals surface area contributed by atoms with Crippen molar-refractivity contribution in [2.45, 2.75) is 64.0 Å². The molecule has 1 rings (SSSR count). The fourth-order valence-electron chi connectivity index (χ4n) is 2.41. The topological polar surface area (TPSA) is 57.2 Å². The first-order chi connectivity index (χ1) is 9.53. The zero-order valence-electron chi connectivity index (χ0n) is 13.3. The fourth-order valence-corrected chi connectivity index (χ4v) is 3.07. The van der Waals surface area contributed by atoms with Crippen LogP contribution in [0.25, 0.3) is 0 Å². The molecule has 0 aliphatic carbocycles. The SMILES string of the molecule is CCCCCCCCCc1ccccc1CS(=O)(=O)[O-].[Na+]. The first-order valence-corrected chi connectivity index (χ1v) is 9.11. The van der Waals surface area contributed by atoms with E-state index in [2.05, 4.69) is 6.92 Å². The van der Waals surface area contributed by atoms with Gasteiger partial charge in [0.2, 0.25) is 0 Å². The van der Waals surface area contributed by atoms with Gasteiger partial charge in [0.05, 0.1) is 15.9 Å². The van der Waals surface area contributed by atoms with Crippen molar-refractivity contribution in [3.63, 3.8) is 0 Å². The second-order valence-corrected chi connectivity index (χ2v) is 6.75. The van der Waals surface area contributed by atoms with Crippen molar-refractivity contribution in [1.29, 1.82) is 0 Å². The van der Waals surface area contributed by atoms with Gasteiger partial charge in [-0.05, 0) is 24.0 Å². The van der Waals surface area contributed by atoms with Crippen LogP contribution < -0.4 is 29.6 Å². The molecule has 1 aromatic carbocycles. The first-order valence-electron chi connectivity index (χ1n) is 7.53.